The lowest BCUT2D eigenvalue weighted by molar-refractivity contribution is -0.154. The average molecular weight is 419 g/mol. The summed E-state index contributed by atoms with van der Waals surface area (Å²) in [6.45, 7) is 0.0810. The number of carbonyl (C=O) groups excluding carboxylic acids is 2. The van der Waals surface area contributed by atoms with E-state index >= 15 is 0 Å². The highest BCUT2D eigenvalue weighted by atomic mass is 32.2. The summed E-state index contributed by atoms with van der Waals surface area (Å²) < 4.78 is 0. The molecule has 2 saturated heterocycles. The topological polar surface area (TPSA) is 125 Å². The van der Waals surface area contributed by atoms with Gasteiger partial charge in [-0.3, -0.25) is 14.4 Å². The van der Waals surface area contributed by atoms with Gasteiger partial charge in [0, 0.05) is 18.0 Å². The summed E-state index contributed by atoms with van der Waals surface area (Å²) >= 11 is 2.51. The molecule has 3 heterocycles. The first kappa shape index (κ1) is 18.7. The number of para-hydroxylation sites is 1. The van der Waals surface area contributed by atoms with Crippen LogP contribution in [0, 0.1) is 0 Å². The normalized spacial score (nSPS) is 26.1. The second-order valence-corrected chi connectivity index (χ2v) is 8.50. The second-order valence-electron chi connectivity index (χ2n) is 6.56. The van der Waals surface area contributed by atoms with Crippen LogP contribution in [0.1, 0.15) is 5.01 Å². The Labute approximate surface area is 168 Å². The number of carbonyl (C=O) groups is 3. The van der Waals surface area contributed by atoms with E-state index in [9.17, 15) is 19.5 Å². The number of hydrogen-bond donors (Lipinski definition) is 3. The first-order valence-corrected chi connectivity index (χ1v) is 10.4. The molecule has 9 nitrogen and oxygen atoms in total. The minimum atomic E-state index is -1.26. The predicted molar refractivity (Wildman–Crippen MR) is 104 cm³/mol. The molecule has 2 aliphatic heterocycles. The maximum Gasteiger partial charge on any atom is 0.319 e. The molecule has 0 saturated carbocycles. The molecule has 146 valence electrons. The molecule has 4 rings (SSSR count). The van der Waals surface area contributed by atoms with Crippen molar-refractivity contribution in [2.75, 3.05) is 24.2 Å². The highest BCUT2D eigenvalue weighted by molar-refractivity contribution is 8.00. The number of aromatic nitrogens is 2. The van der Waals surface area contributed by atoms with Gasteiger partial charge < -0.3 is 20.6 Å². The number of benzene rings is 1. The van der Waals surface area contributed by atoms with Crippen LogP contribution in [0.2, 0.25) is 0 Å². The first-order valence-electron chi connectivity index (χ1n) is 8.52. The number of rotatable bonds is 6. The lowest BCUT2D eigenvalue weighted by atomic mass is 9.88. The van der Waals surface area contributed by atoms with E-state index in [1.54, 1.807) is 0 Å². The number of nitrogens with one attached hydrogen (secondary N) is 2. The standard InChI is InChI=1S/C17H17N5O4S2/c23-11(6-18-10-4-2-1-3-5-10)20-12-13(24)22-7-17(16(25)26,8-27-14(12)22)15-21-19-9-28-15/h1-5,9,12,14,18H,6-8H2,(H,20,23)(H,25,26)/t12?,14-,17?/m1/s1. The van der Waals surface area contributed by atoms with E-state index < -0.39 is 17.4 Å². The number of amides is 2. The second kappa shape index (κ2) is 7.40. The van der Waals surface area contributed by atoms with Crippen molar-refractivity contribution in [3.63, 3.8) is 0 Å². The maximum atomic E-state index is 12.5. The summed E-state index contributed by atoms with van der Waals surface area (Å²) in [5.74, 6) is -1.33. The van der Waals surface area contributed by atoms with Crippen molar-refractivity contribution in [1.29, 1.82) is 0 Å². The Kier molecular flexibility index (Phi) is 4.94. The molecule has 2 aliphatic rings. The molecule has 28 heavy (non-hydrogen) atoms. The van der Waals surface area contributed by atoms with Crippen LogP contribution >= 0.6 is 23.1 Å². The minimum Gasteiger partial charge on any atom is -0.480 e. The van der Waals surface area contributed by atoms with Crippen LogP contribution in [0.25, 0.3) is 0 Å². The lowest BCUT2D eigenvalue weighted by Gasteiger charge is -2.53. The lowest BCUT2D eigenvalue weighted by Crippen LogP contribution is -2.74. The zero-order valence-electron chi connectivity index (χ0n) is 14.6. The fraction of sp³-hybridized carbons (Fsp3) is 0.353. The van der Waals surface area contributed by atoms with E-state index in [-0.39, 0.29) is 36.0 Å². The van der Waals surface area contributed by atoms with Gasteiger partial charge in [-0.25, -0.2) is 0 Å². The molecule has 2 amide bonds. The van der Waals surface area contributed by atoms with Crippen molar-refractivity contribution in [3.8, 4) is 0 Å². The van der Waals surface area contributed by atoms with Gasteiger partial charge in [0.05, 0.1) is 6.54 Å². The highest BCUT2D eigenvalue weighted by Gasteiger charge is 2.59. The molecule has 1 aromatic carbocycles. The van der Waals surface area contributed by atoms with Gasteiger partial charge in [-0.05, 0) is 12.1 Å². The molecule has 3 atom stereocenters. The van der Waals surface area contributed by atoms with E-state index in [0.29, 0.717) is 5.01 Å². The van der Waals surface area contributed by atoms with Gasteiger partial charge in [0.1, 0.15) is 27.3 Å². The number of aliphatic carboxylic acids is 1. The summed E-state index contributed by atoms with van der Waals surface area (Å²) in [5.41, 5.74) is 1.04. The van der Waals surface area contributed by atoms with Crippen molar-refractivity contribution in [2.45, 2.75) is 16.8 Å². The summed E-state index contributed by atoms with van der Waals surface area (Å²) in [5, 5.41) is 23.3. The highest BCUT2D eigenvalue weighted by Crippen LogP contribution is 2.44. The molecule has 11 heteroatoms. The molecule has 2 fully saturated rings. The Bertz CT molecular complexity index is 894. The fourth-order valence-electron chi connectivity index (χ4n) is 3.27. The Morgan fingerprint density at radius 1 is 1.32 bits per heavy atom. The van der Waals surface area contributed by atoms with Crippen molar-refractivity contribution in [1.82, 2.24) is 20.4 Å². The van der Waals surface area contributed by atoms with Crippen LogP contribution in [0.4, 0.5) is 5.69 Å². The largest absolute Gasteiger partial charge is 0.480 e. The van der Waals surface area contributed by atoms with Crippen LogP contribution in [-0.2, 0) is 19.8 Å². The maximum absolute atomic E-state index is 12.5. The number of hydrogen-bond acceptors (Lipinski definition) is 8. The number of fused-ring (bicyclic) bond motifs is 1. The monoisotopic (exact) mass is 419 g/mol. The third-order valence-corrected chi connectivity index (χ3v) is 7.23. The Morgan fingerprint density at radius 3 is 2.79 bits per heavy atom. The smallest absolute Gasteiger partial charge is 0.319 e. The molecule has 0 bridgehead atoms. The number of nitrogens with zero attached hydrogens (tertiary/aromatic N) is 3. The van der Waals surface area contributed by atoms with Crippen molar-refractivity contribution < 1.29 is 19.5 Å². The van der Waals surface area contributed by atoms with E-state index in [4.69, 9.17) is 0 Å². The van der Waals surface area contributed by atoms with E-state index in [2.05, 4.69) is 20.8 Å². The number of anilines is 1. The number of carboxylic acids is 1. The van der Waals surface area contributed by atoms with Gasteiger partial charge >= 0.3 is 5.97 Å². The average Bonchev–Trinajstić information content (AvgIpc) is 3.25. The third kappa shape index (κ3) is 3.20. The minimum absolute atomic E-state index is 0.0304. The van der Waals surface area contributed by atoms with E-state index in [1.165, 1.54) is 33.5 Å². The van der Waals surface area contributed by atoms with Gasteiger partial charge in [-0.1, -0.05) is 18.2 Å². The van der Waals surface area contributed by atoms with Gasteiger partial charge in [0.2, 0.25) is 11.8 Å². The van der Waals surface area contributed by atoms with Crippen LogP contribution in [0.3, 0.4) is 0 Å². The molecule has 0 radical (unpaired) electrons. The van der Waals surface area contributed by atoms with Crippen molar-refractivity contribution in [2.24, 2.45) is 0 Å². The Hall–Kier alpha value is -2.66. The van der Waals surface area contributed by atoms with Gasteiger partial charge in [0.25, 0.3) is 0 Å². The first-order chi connectivity index (χ1) is 13.5. The summed E-state index contributed by atoms with van der Waals surface area (Å²) in [6.07, 6.45) is 0. The molecule has 2 aromatic rings. The Balaban J connectivity index is 1.37. The molecule has 3 N–H and O–H groups in total. The van der Waals surface area contributed by atoms with E-state index in [1.807, 2.05) is 30.3 Å². The molecule has 0 aliphatic carbocycles. The zero-order valence-corrected chi connectivity index (χ0v) is 16.2. The Morgan fingerprint density at radius 2 is 2.11 bits per heavy atom. The number of β-lactam (4-membered cyclic amide) rings is 1. The van der Waals surface area contributed by atoms with Crippen LogP contribution in [-0.4, -0.2) is 68.2 Å². The predicted octanol–water partition coefficient (Wildman–Crippen LogP) is 0.372. The summed E-state index contributed by atoms with van der Waals surface area (Å²) in [4.78, 5) is 38.2. The molecule has 0 spiro atoms. The SMILES string of the molecule is O=C(CNc1ccccc1)NC1C(=O)N2CC(C(=O)O)(c3nncs3)CS[C@H]12. The van der Waals surface area contributed by atoms with Gasteiger partial charge in [-0.2, -0.15) is 0 Å². The van der Waals surface area contributed by atoms with Crippen LogP contribution < -0.4 is 10.6 Å². The fourth-order valence-corrected chi connectivity index (χ4v) is 5.64. The number of carboxylic acid groups (broad SMARTS) is 1. The van der Waals surface area contributed by atoms with Gasteiger partial charge in [-0.15, -0.1) is 33.3 Å². The van der Waals surface area contributed by atoms with Crippen LogP contribution in [0.5, 0.6) is 0 Å². The van der Waals surface area contributed by atoms with Gasteiger partial charge in [0.15, 0.2) is 0 Å². The summed E-state index contributed by atoms with van der Waals surface area (Å²) in [6, 6.07) is 8.65. The van der Waals surface area contributed by atoms with Crippen LogP contribution in [0.15, 0.2) is 35.8 Å². The molecular weight excluding hydrogens is 402 g/mol. The molecular formula is C17H17N5O4S2. The van der Waals surface area contributed by atoms with Crippen molar-refractivity contribution >= 4 is 46.6 Å². The number of thioether (sulfide) groups is 1. The quantitative estimate of drug-likeness (QED) is 0.574. The zero-order chi connectivity index (χ0) is 19.7. The summed E-state index contributed by atoms with van der Waals surface area (Å²) in [7, 11) is 0. The van der Waals surface area contributed by atoms with E-state index in [0.717, 1.165) is 5.69 Å². The third-order valence-electron chi connectivity index (χ3n) is 4.80. The molecule has 2 unspecified atom stereocenters. The molecule has 1 aromatic heterocycles. The van der Waals surface area contributed by atoms with Crippen molar-refractivity contribution in [3.05, 3.63) is 40.8 Å².